The Hall–Kier alpha value is -4.11. The molecule has 3 aromatic carbocycles. The maximum Gasteiger partial charge on any atom is 0.255 e. The third-order valence-corrected chi connectivity index (χ3v) is 6.55. The van der Waals surface area contributed by atoms with Gasteiger partial charge in [0.05, 0.1) is 13.1 Å². The molecule has 8 nitrogen and oxygen atoms in total. The van der Waals surface area contributed by atoms with Gasteiger partial charge in [0.2, 0.25) is 0 Å². The molecule has 4 N–H and O–H groups in total. The molecule has 5 rings (SSSR count). The molecule has 2 aliphatic rings. The van der Waals surface area contributed by atoms with Gasteiger partial charge >= 0.3 is 0 Å². The van der Waals surface area contributed by atoms with Crippen molar-refractivity contribution >= 4 is 46.6 Å². The molecule has 3 aromatic rings. The number of benzene rings is 3. The molecule has 0 atom stereocenters. The Bertz CT molecular complexity index is 1250. The fourth-order valence-electron chi connectivity index (χ4n) is 3.99. The van der Waals surface area contributed by atoms with E-state index in [1.165, 1.54) is 11.8 Å². The number of amides is 2. The van der Waals surface area contributed by atoms with Crippen LogP contribution in [0.25, 0.3) is 0 Å². The molecule has 2 aliphatic heterocycles. The van der Waals surface area contributed by atoms with Crippen LogP contribution >= 0.6 is 11.8 Å². The molecule has 0 fully saturated rings. The minimum atomic E-state index is -0.279. The van der Waals surface area contributed by atoms with Gasteiger partial charge in [0.15, 0.2) is 0 Å². The third-order valence-electron chi connectivity index (χ3n) is 5.85. The molecular formula is C27H26N6O2S. The minimum Gasteiger partial charge on any atom is -0.368 e. The summed E-state index contributed by atoms with van der Waals surface area (Å²) in [5, 5.41) is 12.3. The van der Waals surface area contributed by atoms with Crippen molar-refractivity contribution in [2.45, 2.75) is 4.90 Å². The van der Waals surface area contributed by atoms with E-state index in [0.29, 0.717) is 22.5 Å². The first-order valence-corrected chi connectivity index (χ1v) is 12.9. The number of amidine groups is 2. The van der Waals surface area contributed by atoms with Crippen molar-refractivity contribution in [2.75, 3.05) is 43.1 Å². The quantitative estimate of drug-likeness (QED) is 0.373. The van der Waals surface area contributed by atoms with Crippen LogP contribution in [-0.4, -0.2) is 55.9 Å². The van der Waals surface area contributed by atoms with Crippen LogP contribution in [0.3, 0.4) is 0 Å². The monoisotopic (exact) mass is 498 g/mol. The van der Waals surface area contributed by atoms with Crippen LogP contribution in [0.2, 0.25) is 0 Å². The number of carbonyl (C=O) groups is 2. The van der Waals surface area contributed by atoms with Crippen molar-refractivity contribution < 1.29 is 9.59 Å². The first kappa shape index (κ1) is 23.6. The maximum atomic E-state index is 13.0. The van der Waals surface area contributed by atoms with Gasteiger partial charge in [-0.2, -0.15) is 0 Å². The van der Waals surface area contributed by atoms with Crippen LogP contribution in [0, 0.1) is 0 Å². The number of anilines is 2. The number of nitrogens with zero attached hydrogens (tertiary/aromatic N) is 2. The molecule has 0 aromatic heterocycles. The van der Waals surface area contributed by atoms with Gasteiger partial charge in [-0.25, -0.2) is 0 Å². The molecule has 182 valence electrons. The van der Waals surface area contributed by atoms with E-state index in [0.717, 1.165) is 53.9 Å². The molecule has 2 amide bonds. The van der Waals surface area contributed by atoms with Crippen molar-refractivity contribution in [3.63, 3.8) is 0 Å². The van der Waals surface area contributed by atoms with Crippen molar-refractivity contribution in [3.8, 4) is 0 Å². The fraction of sp³-hybridized carbons (Fsp3) is 0.185. The second kappa shape index (κ2) is 10.7. The highest BCUT2D eigenvalue weighted by molar-refractivity contribution is 7.98. The van der Waals surface area contributed by atoms with E-state index >= 15 is 0 Å². The summed E-state index contributed by atoms with van der Waals surface area (Å²) in [6.45, 7) is 3.23. The van der Waals surface area contributed by atoms with Crippen molar-refractivity contribution in [2.24, 2.45) is 9.98 Å². The maximum absolute atomic E-state index is 13.0. The molecule has 9 heteroatoms. The number of nitrogens with one attached hydrogen (secondary N) is 4. The zero-order chi connectivity index (χ0) is 24.9. The summed E-state index contributed by atoms with van der Waals surface area (Å²) >= 11 is 1.48. The zero-order valence-corrected chi connectivity index (χ0v) is 20.6. The predicted molar refractivity (Wildman–Crippen MR) is 146 cm³/mol. The van der Waals surface area contributed by atoms with Gasteiger partial charge in [-0.1, -0.05) is 0 Å². The van der Waals surface area contributed by atoms with E-state index in [1.54, 1.807) is 18.2 Å². The lowest BCUT2D eigenvalue weighted by Gasteiger charge is -2.11. The van der Waals surface area contributed by atoms with E-state index in [9.17, 15) is 9.59 Å². The highest BCUT2D eigenvalue weighted by Gasteiger charge is 2.15. The van der Waals surface area contributed by atoms with Crippen LogP contribution in [0.15, 0.2) is 81.6 Å². The second-order valence-corrected chi connectivity index (χ2v) is 9.21. The Morgan fingerprint density at radius 2 is 1.17 bits per heavy atom. The number of thioether (sulfide) groups is 1. The van der Waals surface area contributed by atoms with Gasteiger partial charge in [0.25, 0.3) is 11.8 Å². The molecule has 0 bridgehead atoms. The summed E-state index contributed by atoms with van der Waals surface area (Å²) in [7, 11) is 0. The first-order chi connectivity index (χ1) is 17.6. The molecule has 0 spiro atoms. The van der Waals surface area contributed by atoms with Crippen molar-refractivity contribution in [3.05, 3.63) is 89.0 Å². The van der Waals surface area contributed by atoms with E-state index in [-0.39, 0.29) is 11.8 Å². The summed E-state index contributed by atoms with van der Waals surface area (Å²) in [4.78, 5) is 35.7. The third kappa shape index (κ3) is 5.41. The van der Waals surface area contributed by atoms with E-state index < -0.39 is 0 Å². The van der Waals surface area contributed by atoms with Gasteiger partial charge in [0.1, 0.15) is 11.7 Å². The standard InChI is InChI=1S/C27H26N6O2S/c1-36-23-15-19(26(34)32-21-6-2-17(3-7-21)24-28-10-11-29-24)14-20(16-23)27(35)33-22-8-4-18(5-9-22)25-30-12-13-31-25/h2-9,14-16H,10-13H2,1H3,(H,28,29)(H,30,31)(H,32,34)(H,33,35). The Morgan fingerprint density at radius 1 is 0.722 bits per heavy atom. The van der Waals surface area contributed by atoms with Gasteiger partial charge in [-0.15, -0.1) is 11.8 Å². The van der Waals surface area contributed by atoms with Crippen molar-refractivity contribution in [1.82, 2.24) is 10.6 Å². The Labute approximate surface area is 213 Å². The van der Waals surface area contributed by atoms with E-state index in [1.807, 2.05) is 54.8 Å². The molecule has 2 heterocycles. The molecular weight excluding hydrogens is 472 g/mol. The van der Waals surface area contributed by atoms with Crippen LogP contribution in [0.5, 0.6) is 0 Å². The molecule has 0 saturated carbocycles. The Kier molecular flexibility index (Phi) is 6.99. The van der Waals surface area contributed by atoms with E-state index in [4.69, 9.17) is 0 Å². The highest BCUT2D eigenvalue weighted by Crippen LogP contribution is 2.22. The summed E-state index contributed by atoms with van der Waals surface area (Å²) in [6.07, 6.45) is 1.91. The zero-order valence-electron chi connectivity index (χ0n) is 19.8. The normalized spacial score (nSPS) is 14.4. The summed E-state index contributed by atoms with van der Waals surface area (Å²) in [5.41, 5.74) is 4.13. The molecule has 0 saturated heterocycles. The topological polar surface area (TPSA) is 107 Å². The minimum absolute atomic E-state index is 0.279. The summed E-state index contributed by atoms with van der Waals surface area (Å²) < 4.78 is 0. The Balaban J connectivity index is 1.28. The SMILES string of the molecule is CSc1cc(C(=O)Nc2ccc(C3=NCCN3)cc2)cc(C(=O)Nc2ccc(C3=NCCN3)cc2)c1. The number of hydrogen-bond acceptors (Lipinski definition) is 7. The van der Waals surface area contributed by atoms with Crippen LogP contribution in [-0.2, 0) is 0 Å². The van der Waals surface area contributed by atoms with Crippen LogP contribution in [0.1, 0.15) is 31.8 Å². The molecule has 0 unspecified atom stereocenters. The van der Waals surface area contributed by atoms with Gasteiger partial charge < -0.3 is 21.3 Å². The lowest BCUT2D eigenvalue weighted by atomic mass is 10.1. The van der Waals surface area contributed by atoms with Crippen LogP contribution < -0.4 is 21.3 Å². The lowest BCUT2D eigenvalue weighted by Crippen LogP contribution is -2.19. The molecule has 0 aliphatic carbocycles. The molecule has 36 heavy (non-hydrogen) atoms. The molecule has 0 radical (unpaired) electrons. The van der Waals surface area contributed by atoms with Gasteiger partial charge in [0, 0.05) is 51.6 Å². The summed E-state index contributed by atoms with van der Waals surface area (Å²) in [5.74, 6) is 1.18. The number of hydrogen-bond donors (Lipinski definition) is 4. The number of rotatable bonds is 7. The van der Waals surface area contributed by atoms with Crippen LogP contribution in [0.4, 0.5) is 11.4 Å². The predicted octanol–water partition coefficient (Wildman–Crippen LogP) is 3.61. The average Bonchev–Trinajstić information content (AvgIpc) is 3.64. The smallest absolute Gasteiger partial charge is 0.255 e. The largest absolute Gasteiger partial charge is 0.368 e. The highest BCUT2D eigenvalue weighted by atomic mass is 32.2. The fourth-order valence-corrected chi connectivity index (χ4v) is 4.48. The van der Waals surface area contributed by atoms with Gasteiger partial charge in [-0.3, -0.25) is 19.6 Å². The lowest BCUT2D eigenvalue weighted by molar-refractivity contribution is 0.102. The average molecular weight is 499 g/mol. The first-order valence-electron chi connectivity index (χ1n) is 11.7. The second-order valence-electron chi connectivity index (χ2n) is 8.33. The van der Waals surface area contributed by atoms with E-state index in [2.05, 4.69) is 31.3 Å². The summed E-state index contributed by atoms with van der Waals surface area (Å²) in [6, 6.07) is 20.2. The van der Waals surface area contributed by atoms with Crippen molar-refractivity contribution in [1.29, 1.82) is 0 Å². The number of aliphatic imine (C=N–C) groups is 2. The van der Waals surface area contributed by atoms with Gasteiger partial charge in [-0.05, 0) is 73.0 Å². The number of carbonyl (C=O) groups excluding carboxylic acids is 2. The Morgan fingerprint density at radius 3 is 1.53 bits per heavy atom.